The van der Waals surface area contributed by atoms with E-state index in [1.165, 1.54) is 41.5 Å². The van der Waals surface area contributed by atoms with Crippen LogP contribution in [0.15, 0.2) is 12.1 Å². The van der Waals surface area contributed by atoms with Gasteiger partial charge in [-0.2, -0.15) is 0 Å². The molecule has 1 aromatic rings. The zero-order valence-electron chi connectivity index (χ0n) is 12.6. The normalized spacial score (nSPS) is 18.5. The maximum atomic E-state index is 9.74. The number of rotatable bonds is 4. The molecular formula is C17H27NO. The second-order valence-corrected chi connectivity index (χ2v) is 6.23. The summed E-state index contributed by atoms with van der Waals surface area (Å²) in [7, 11) is 0. The summed E-state index contributed by atoms with van der Waals surface area (Å²) < 4.78 is 0. The van der Waals surface area contributed by atoms with E-state index in [2.05, 4.69) is 38.2 Å². The van der Waals surface area contributed by atoms with Crippen molar-refractivity contribution in [1.82, 2.24) is 5.32 Å². The Labute approximate surface area is 117 Å². The zero-order chi connectivity index (χ0) is 13.9. The van der Waals surface area contributed by atoms with Crippen molar-refractivity contribution in [3.05, 3.63) is 34.4 Å². The van der Waals surface area contributed by atoms with Crippen LogP contribution in [0.25, 0.3) is 0 Å². The molecule has 1 aliphatic rings. The topological polar surface area (TPSA) is 32.3 Å². The van der Waals surface area contributed by atoms with Crippen molar-refractivity contribution < 1.29 is 5.11 Å². The van der Waals surface area contributed by atoms with Gasteiger partial charge in [-0.3, -0.25) is 0 Å². The van der Waals surface area contributed by atoms with Crippen LogP contribution in [0.3, 0.4) is 0 Å². The van der Waals surface area contributed by atoms with Crippen molar-refractivity contribution in [3.63, 3.8) is 0 Å². The highest BCUT2D eigenvalue weighted by Gasteiger charge is 2.30. The van der Waals surface area contributed by atoms with E-state index in [9.17, 15) is 5.11 Å². The number of benzene rings is 1. The van der Waals surface area contributed by atoms with E-state index < -0.39 is 0 Å². The molecule has 2 rings (SSSR count). The van der Waals surface area contributed by atoms with Crippen LogP contribution in [0.1, 0.15) is 54.4 Å². The lowest BCUT2D eigenvalue weighted by Gasteiger charge is -2.37. The monoisotopic (exact) mass is 261 g/mol. The minimum absolute atomic E-state index is 0.0397. The average Bonchev–Trinajstić information content (AvgIpc) is 2.38. The zero-order valence-corrected chi connectivity index (χ0v) is 12.6. The number of nitrogens with one attached hydrogen (secondary N) is 1. The lowest BCUT2D eigenvalue weighted by atomic mass is 9.82. The third-order valence-electron chi connectivity index (χ3n) is 4.59. The first-order valence-electron chi connectivity index (χ1n) is 7.49. The Bertz CT molecular complexity index is 410. The molecule has 0 unspecified atom stereocenters. The molecule has 0 aromatic heterocycles. The van der Waals surface area contributed by atoms with Crippen LogP contribution in [0.5, 0.6) is 0 Å². The number of hydrogen-bond donors (Lipinski definition) is 2. The minimum Gasteiger partial charge on any atom is -0.394 e. The Balaban J connectivity index is 2.09. The van der Waals surface area contributed by atoms with Crippen molar-refractivity contribution in [1.29, 1.82) is 0 Å². The number of hydrogen-bond acceptors (Lipinski definition) is 2. The molecule has 0 heterocycles. The van der Waals surface area contributed by atoms with Gasteiger partial charge in [0, 0.05) is 12.1 Å². The maximum absolute atomic E-state index is 9.74. The highest BCUT2D eigenvalue weighted by Crippen LogP contribution is 2.28. The summed E-state index contributed by atoms with van der Waals surface area (Å²) in [5.74, 6) is 0. The predicted molar refractivity (Wildman–Crippen MR) is 80.4 cm³/mol. The molecule has 106 valence electrons. The van der Waals surface area contributed by atoms with E-state index in [-0.39, 0.29) is 12.1 Å². The summed E-state index contributed by atoms with van der Waals surface area (Å²) in [5.41, 5.74) is 5.39. The van der Waals surface area contributed by atoms with Gasteiger partial charge in [-0.1, -0.05) is 37.0 Å². The van der Waals surface area contributed by atoms with Crippen molar-refractivity contribution in [3.8, 4) is 0 Å². The van der Waals surface area contributed by atoms with Crippen LogP contribution in [0, 0.1) is 20.8 Å². The Kier molecular flexibility index (Phi) is 4.64. The molecule has 2 nitrogen and oxygen atoms in total. The van der Waals surface area contributed by atoms with Gasteiger partial charge in [-0.25, -0.2) is 0 Å². The molecule has 1 aliphatic carbocycles. The van der Waals surface area contributed by atoms with Crippen LogP contribution in [-0.2, 0) is 6.54 Å². The Morgan fingerprint density at radius 3 is 2.16 bits per heavy atom. The van der Waals surface area contributed by atoms with Gasteiger partial charge < -0.3 is 10.4 Å². The summed E-state index contributed by atoms with van der Waals surface area (Å²) in [6.07, 6.45) is 5.99. The second kappa shape index (κ2) is 6.06. The smallest absolute Gasteiger partial charge is 0.0613 e. The average molecular weight is 261 g/mol. The van der Waals surface area contributed by atoms with Gasteiger partial charge in [-0.15, -0.1) is 0 Å². The van der Waals surface area contributed by atoms with E-state index in [1.807, 2.05) is 0 Å². The van der Waals surface area contributed by atoms with Gasteiger partial charge >= 0.3 is 0 Å². The van der Waals surface area contributed by atoms with Crippen LogP contribution < -0.4 is 5.32 Å². The molecule has 0 atom stereocenters. The van der Waals surface area contributed by atoms with Crippen molar-refractivity contribution >= 4 is 0 Å². The molecule has 0 bridgehead atoms. The lowest BCUT2D eigenvalue weighted by Crippen LogP contribution is -2.49. The standard InChI is InChI=1S/C17H27NO/c1-13-9-14(2)16(15(3)10-13)11-18-17(12-19)7-5-4-6-8-17/h9-10,18-19H,4-8,11-12H2,1-3H3. The second-order valence-electron chi connectivity index (χ2n) is 6.23. The Morgan fingerprint density at radius 1 is 1.05 bits per heavy atom. The highest BCUT2D eigenvalue weighted by molar-refractivity contribution is 5.37. The molecule has 1 aromatic carbocycles. The van der Waals surface area contributed by atoms with Crippen LogP contribution in [-0.4, -0.2) is 17.3 Å². The van der Waals surface area contributed by atoms with Gasteiger partial charge in [0.2, 0.25) is 0 Å². The van der Waals surface area contributed by atoms with Crippen molar-refractivity contribution in [2.24, 2.45) is 0 Å². The summed E-state index contributed by atoms with van der Waals surface area (Å²) in [6, 6.07) is 4.49. The fourth-order valence-electron chi connectivity index (χ4n) is 3.38. The largest absolute Gasteiger partial charge is 0.394 e. The third kappa shape index (κ3) is 3.37. The predicted octanol–water partition coefficient (Wildman–Crippen LogP) is 3.40. The number of aryl methyl sites for hydroxylation is 3. The molecule has 1 fully saturated rings. The van der Waals surface area contributed by atoms with E-state index >= 15 is 0 Å². The van der Waals surface area contributed by atoms with Crippen molar-refractivity contribution in [2.75, 3.05) is 6.61 Å². The van der Waals surface area contributed by atoms with Gasteiger partial charge in [0.1, 0.15) is 0 Å². The number of aliphatic hydroxyl groups excluding tert-OH is 1. The van der Waals surface area contributed by atoms with Gasteiger partial charge in [0.25, 0.3) is 0 Å². The van der Waals surface area contributed by atoms with E-state index in [4.69, 9.17) is 0 Å². The summed E-state index contributed by atoms with van der Waals surface area (Å²) in [4.78, 5) is 0. The summed E-state index contributed by atoms with van der Waals surface area (Å²) >= 11 is 0. The van der Waals surface area contributed by atoms with Gasteiger partial charge in [-0.05, 0) is 50.3 Å². The Morgan fingerprint density at radius 2 is 1.63 bits per heavy atom. The molecule has 1 saturated carbocycles. The first kappa shape index (κ1) is 14.5. The van der Waals surface area contributed by atoms with Crippen LogP contribution >= 0.6 is 0 Å². The van der Waals surface area contributed by atoms with Crippen LogP contribution in [0.2, 0.25) is 0 Å². The first-order valence-corrected chi connectivity index (χ1v) is 7.49. The molecule has 0 saturated heterocycles. The highest BCUT2D eigenvalue weighted by atomic mass is 16.3. The maximum Gasteiger partial charge on any atom is 0.0613 e. The number of aliphatic hydroxyl groups is 1. The molecular weight excluding hydrogens is 234 g/mol. The SMILES string of the molecule is Cc1cc(C)c(CNC2(CO)CCCCC2)c(C)c1. The van der Waals surface area contributed by atoms with E-state index in [0.717, 1.165) is 19.4 Å². The molecule has 2 heteroatoms. The third-order valence-corrected chi connectivity index (χ3v) is 4.59. The fourth-order valence-corrected chi connectivity index (χ4v) is 3.38. The van der Waals surface area contributed by atoms with Crippen LogP contribution in [0.4, 0.5) is 0 Å². The fraction of sp³-hybridized carbons (Fsp3) is 0.647. The molecule has 0 amide bonds. The Hall–Kier alpha value is -0.860. The van der Waals surface area contributed by atoms with E-state index in [1.54, 1.807) is 0 Å². The molecule has 0 aliphatic heterocycles. The molecule has 0 radical (unpaired) electrons. The lowest BCUT2D eigenvalue weighted by molar-refractivity contribution is 0.119. The first-order chi connectivity index (χ1) is 9.06. The molecule has 2 N–H and O–H groups in total. The minimum atomic E-state index is -0.0397. The summed E-state index contributed by atoms with van der Waals surface area (Å²) in [5, 5.41) is 13.4. The summed E-state index contributed by atoms with van der Waals surface area (Å²) in [6.45, 7) is 7.65. The molecule has 0 spiro atoms. The van der Waals surface area contributed by atoms with Crippen molar-refractivity contribution in [2.45, 2.75) is 65.0 Å². The molecule has 19 heavy (non-hydrogen) atoms. The van der Waals surface area contributed by atoms with Gasteiger partial charge in [0.05, 0.1) is 6.61 Å². The van der Waals surface area contributed by atoms with Gasteiger partial charge in [0.15, 0.2) is 0 Å². The van der Waals surface area contributed by atoms with E-state index in [0.29, 0.717) is 0 Å². The quantitative estimate of drug-likeness (QED) is 0.870.